The third kappa shape index (κ3) is 6.47. The molecule has 1 aliphatic heterocycles. The Morgan fingerprint density at radius 2 is 1.73 bits per heavy atom. The standard InChI is InChI=1S/C32H35FN6O2/c1-5-23-11-6-7-12-28(23)41-31-25(30(40)36-29-21(2)9-8-10-22(29)3)20-34-32(37-31)35-24-13-14-27(26(33)19-24)39-17-15-38(4)16-18-39/h6-14,19-20H,5,15-18H2,1-4H3,(H,36,40)(H,34,35,37). The number of anilines is 4. The minimum atomic E-state index is -0.388. The normalized spacial score (nSPS) is 13.6. The van der Waals surface area contributed by atoms with Crippen LogP contribution < -0.4 is 20.3 Å². The fraction of sp³-hybridized carbons (Fsp3) is 0.281. The van der Waals surface area contributed by atoms with Crippen molar-refractivity contribution in [3.8, 4) is 11.6 Å². The van der Waals surface area contributed by atoms with Crippen molar-refractivity contribution >= 4 is 28.9 Å². The fourth-order valence-electron chi connectivity index (χ4n) is 4.87. The first-order valence-electron chi connectivity index (χ1n) is 13.8. The number of amides is 1. The van der Waals surface area contributed by atoms with Crippen LogP contribution in [0.2, 0.25) is 0 Å². The van der Waals surface area contributed by atoms with E-state index in [0.29, 0.717) is 17.1 Å². The highest BCUT2D eigenvalue weighted by Crippen LogP contribution is 2.30. The molecule has 1 aliphatic rings. The molecule has 0 atom stereocenters. The van der Waals surface area contributed by atoms with E-state index in [0.717, 1.165) is 55.0 Å². The Morgan fingerprint density at radius 1 is 1.00 bits per heavy atom. The summed E-state index contributed by atoms with van der Waals surface area (Å²) in [5.74, 6) is 0.173. The number of para-hydroxylation sites is 2. The molecule has 0 radical (unpaired) electrons. The molecule has 1 saturated heterocycles. The average molecular weight is 555 g/mol. The molecule has 41 heavy (non-hydrogen) atoms. The number of carbonyl (C=O) groups excluding carboxylic acids is 1. The van der Waals surface area contributed by atoms with E-state index in [4.69, 9.17) is 4.74 Å². The summed E-state index contributed by atoms with van der Waals surface area (Å²) < 4.78 is 21.3. The highest BCUT2D eigenvalue weighted by molar-refractivity contribution is 6.06. The van der Waals surface area contributed by atoms with Crippen LogP contribution in [-0.4, -0.2) is 54.0 Å². The largest absolute Gasteiger partial charge is 0.438 e. The first-order valence-corrected chi connectivity index (χ1v) is 13.8. The SMILES string of the molecule is CCc1ccccc1Oc1nc(Nc2ccc(N3CCN(C)CC3)c(F)c2)ncc1C(=O)Nc1c(C)cccc1C. The molecule has 2 heterocycles. The Balaban J connectivity index is 1.43. The van der Waals surface area contributed by atoms with Crippen LogP contribution in [0.25, 0.3) is 0 Å². The van der Waals surface area contributed by atoms with Crippen LogP contribution in [-0.2, 0) is 6.42 Å². The molecule has 4 aromatic rings. The molecule has 212 valence electrons. The minimum absolute atomic E-state index is 0.0988. The van der Waals surface area contributed by atoms with Gasteiger partial charge in [0.05, 0.1) is 5.69 Å². The molecule has 8 nitrogen and oxygen atoms in total. The van der Waals surface area contributed by atoms with Gasteiger partial charge in [0.2, 0.25) is 11.8 Å². The highest BCUT2D eigenvalue weighted by Gasteiger charge is 2.21. The zero-order valence-corrected chi connectivity index (χ0v) is 23.9. The Labute approximate surface area is 240 Å². The molecule has 0 unspecified atom stereocenters. The van der Waals surface area contributed by atoms with Crippen LogP contribution in [0.1, 0.15) is 34.0 Å². The maximum atomic E-state index is 15.1. The number of rotatable bonds is 8. The van der Waals surface area contributed by atoms with E-state index in [9.17, 15) is 4.79 Å². The summed E-state index contributed by atoms with van der Waals surface area (Å²) in [5, 5.41) is 6.06. The van der Waals surface area contributed by atoms with Gasteiger partial charge in [0.25, 0.3) is 5.91 Å². The topological polar surface area (TPSA) is 82.6 Å². The number of piperazine rings is 1. The third-order valence-electron chi connectivity index (χ3n) is 7.33. The summed E-state index contributed by atoms with van der Waals surface area (Å²) in [5.41, 5.74) is 4.84. The first-order chi connectivity index (χ1) is 19.8. The lowest BCUT2D eigenvalue weighted by molar-refractivity contribution is 0.102. The van der Waals surface area contributed by atoms with Crippen molar-refractivity contribution in [3.63, 3.8) is 0 Å². The number of carbonyl (C=O) groups is 1. The lowest BCUT2D eigenvalue weighted by atomic mass is 10.1. The van der Waals surface area contributed by atoms with Crippen molar-refractivity contribution < 1.29 is 13.9 Å². The van der Waals surface area contributed by atoms with Crippen molar-refractivity contribution in [2.45, 2.75) is 27.2 Å². The predicted octanol–water partition coefficient (Wildman–Crippen LogP) is 6.33. The van der Waals surface area contributed by atoms with Crippen LogP contribution >= 0.6 is 0 Å². The molecule has 1 fully saturated rings. The number of hydrogen-bond acceptors (Lipinski definition) is 7. The predicted molar refractivity (Wildman–Crippen MR) is 161 cm³/mol. The Kier molecular flexibility index (Phi) is 8.45. The molecule has 0 bridgehead atoms. The van der Waals surface area contributed by atoms with Crippen molar-refractivity contribution in [2.75, 3.05) is 48.8 Å². The first kappa shape index (κ1) is 28.0. The zero-order valence-electron chi connectivity index (χ0n) is 23.9. The molecule has 0 aliphatic carbocycles. The maximum absolute atomic E-state index is 15.1. The molecular formula is C32H35FN6O2. The lowest BCUT2D eigenvalue weighted by Gasteiger charge is -2.34. The van der Waals surface area contributed by atoms with Crippen molar-refractivity contribution in [1.82, 2.24) is 14.9 Å². The second kappa shape index (κ2) is 12.3. The van der Waals surface area contributed by atoms with E-state index in [-0.39, 0.29) is 29.1 Å². The summed E-state index contributed by atoms with van der Waals surface area (Å²) in [6, 6.07) is 18.4. The van der Waals surface area contributed by atoms with Gasteiger partial charge in [-0.05, 0) is 68.3 Å². The van der Waals surface area contributed by atoms with E-state index in [1.807, 2.05) is 63.2 Å². The van der Waals surface area contributed by atoms with E-state index >= 15 is 4.39 Å². The van der Waals surface area contributed by atoms with Gasteiger partial charge in [0, 0.05) is 43.8 Å². The molecule has 0 saturated carbocycles. The zero-order chi connectivity index (χ0) is 28.9. The van der Waals surface area contributed by atoms with Gasteiger partial charge in [0.15, 0.2) is 0 Å². The smallest absolute Gasteiger partial charge is 0.262 e. The van der Waals surface area contributed by atoms with Gasteiger partial charge in [-0.3, -0.25) is 4.79 Å². The fourth-order valence-corrected chi connectivity index (χ4v) is 4.87. The monoisotopic (exact) mass is 554 g/mol. The molecular weight excluding hydrogens is 519 g/mol. The van der Waals surface area contributed by atoms with Crippen LogP contribution in [0.4, 0.5) is 27.4 Å². The quantitative estimate of drug-likeness (QED) is 0.263. The van der Waals surface area contributed by atoms with Gasteiger partial charge >= 0.3 is 0 Å². The van der Waals surface area contributed by atoms with Crippen molar-refractivity contribution in [1.29, 1.82) is 0 Å². The van der Waals surface area contributed by atoms with Gasteiger partial charge in [-0.2, -0.15) is 4.98 Å². The number of benzene rings is 3. The number of hydrogen-bond donors (Lipinski definition) is 2. The average Bonchev–Trinajstić information content (AvgIpc) is 2.96. The summed E-state index contributed by atoms with van der Waals surface area (Å²) in [7, 11) is 2.07. The number of halogens is 1. The Bertz CT molecular complexity index is 1530. The van der Waals surface area contributed by atoms with Crippen LogP contribution in [0.3, 0.4) is 0 Å². The minimum Gasteiger partial charge on any atom is -0.438 e. The number of aryl methyl sites for hydroxylation is 3. The van der Waals surface area contributed by atoms with E-state index in [1.165, 1.54) is 12.3 Å². The van der Waals surface area contributed by atoms with Crippen molar-refractivity contribution in [3.05, 3.63) is 94.9 Å². The van der Waals surface area contributed by atoms with Gasteiger partial charge in [-0.1, -0.05) is 43.3 Å². The summed E-state index contributed by atoms with van der Waals surface area (Å²) in [4.78, 5) is 26.7. The number of likely N-dealkylation sites (N-methyl/N-ethyl adjacent to an activating group) is 1. The van der Waals surface area contributed by atoms with Gasteiger partial charge in [0.1, 0.15) is 17.1 Å². The molecule has 1 aromatic heterocycles. The van der Waals surface area contributed by atoms with Crippen LogP contribution in [0, 0.1) is 19.7 Å². The Morgan fingerprint density at radius 3 is 2.44 bits per heavy atom. The summed E-state index contributed by atoms with van der Waals surface area (Å²) in [6.45, 7) is 9.24. The van der Waals surface area contributed by atoms with Crippen LogP contribution in [0.5, 0.6) is 11.6 Å². The second-order valence-corrected chi connectivity index (χ2v) is 10.3. The maximum Gasteiger partial charge on any atom is 0.262 e. The van der Waals surface area contributed by atoms with Gasteiger partial charge in [-0.25, -0.2) is 9.37 Å². The molecule has 2 N–H and O–H groups in total. The number of ether oxygens (including phenoxy) is 1. The molecule has 0 spiro atoms. The summed E-state index contributed by atoms with van der Waals surface area (Å²) in [6.07, 6.45) is 2.17. The van der Waals surface area contributed by atoms with Crippen LogP contribution in [0.15, 0.2) is 66.9 Å². The highest BCUT2D eigenvalue weighted by atomic mass is 19.1. The Hall–Kier alpha value is -4.50. The molecule has 9 heteroatoms. The van der Waals surface area contributed by atoms with Gasteiger partial charge < -0.3 is 25.2 Å². The van der Waals surface area contributed by atoms with Crippen molar-refractivity contribution in [2.24, 2.45) is 0 Å². The summed E-state index contributed by atoms with van der Waals surface area (Å²) >= 11 is 0. The molecule has 1 amide bonds. The molecule has 3 aromatic carbocycles. The van der Waals surface area contributed by atoms with E-state index < -0.39 is 0 Å². The number of aromatic nitrogens is 2. The number of nitrogens with one attached hydrogen (secondary N) is 2. The third-order valence-corrected chi connectivity index (χ3v) is 7.33. The second-order valence-electron chi connectivity index (χ2n) is 10.3. The number of nitrogens with zero attached hydrogens (tertiary/aromatic N) is 4. The lowest BCUT2D eigenvalue weighted by Crippen LogP contribution is -2.44. The van der Waals surface area contributed by atoms with Gasteiger partial charge in [-0.15, -0.1) is 0 Å². The van der Waals surface area contributed by atoms with E-state index in [1.54, 1.807) is 12.1 Å². The molecule has 5 rings (SSSR count). The van der Waals surface area contributed by atoms with E-state index in [2.05, 4.69) is 37.4 Å².